The topological polar surface area (TPSA) is 81.2 Å². The third-order valence-corrected chi connectivity index (χ3v) is 4.60. The van der Waals surface area contributed by atoms with Gasteiger partial charge in [-0.2, -0.15) is 0 Å². The molecule has 0 radical (unpaired) electrons. The molecule has 1 unspecified atom stereocenters. The first-order valence-corrected chi connectivity index (χ1v) is 8.50. The SMILES string of the molecule is CS(=O)(=O)n1c(N2CCCC(N)C2)nc2ccccc21. The van der Waals surface area contributed by atoms with E-state index in [1.165, 1.54) is 10.2 Å². The van der Waals surface area contributed by atoms with Crippen LogP contribution < -0.4 is 10.6 Å². The molecule has 1 aromatic heterocycles. The van der Waals surface area contributed by atoms with Gasteiger partial charge in [0.1, 0.15) is 0 Å². The predicted molar refractivity (Wildman–Crippen MR) is 79.4 cm³/mol. The highest BCUT2D eigenvalue weighted by Crippen LogP contribution is 2.26. The van der Waals surface area contributed by atoms with E-state index in [2.05, 4.69) is 4.98 Å². The highest BCUT2D eigenvalue weighted by molar-refractivity contribution is 7.89. The van der Waals surface area contributed by atoms with Gasteiger partial charge in [-0.1, -0.05) is 12.1 Å². The minimum Gasteiger partial charge on any atom is -0.340 e. The Bertz CT molecular complexity index is 738. The number of nitrogens with two attached hydrogens (primary N) is 1. The molecule has 1 fully saturated rings. The third-order valence-electron chi connectivity index (χ3n) is 3.57. The second-order valence-electron chi connectivity index (χ2n) is 5.28. The van der Waals surface area contributed by atoms with Crippen molar-refractivity contribution in [3.8, 4) is 0 Å². The average molecular weight is 294 g/mol. The highest BCUT2D eigenvalue weighted by atomic mass is 32.2. The molecule has 108 valence electrons. The Morgan fingerprint density at radius 2 is 2.10 bits per heavy atom. The summed E-state index contributed by atoms with van der Waals surface area (Å²) < 4.78 is 25.6. The molecule has 1 aliphatic heterocycles. The van der Waals surface area contributed by atoms with Gasteiger partial charge >= 0.3 is 0 Å². The molecule has 0 spiro atoms. The number of nitrogens with zero attached hydrogens (tertiary/aromatic N) is 3. The van der Waals surface area contributed by atoms with Crippen LogP contribution in [0.25, 0.3) is 11.0 Å². The van der Waals surface area contributed by atoms with E-state index in [1.54, 1.807) is 6.07 Å². The summed E-state index contributed by atoms with van der Waals surface area (Å²) in [6.07, 6.45) is 3.12. The fraction of sp³-hybridized carbons (Fsp3) is 0.462. The molecular formula is C13H18N4O2S. The molecule has 1 aliphatic rings. The molecule has 0 aliphatic carbocycles. The minimum atomic E-state index is -3.41. The summed E-state index contributed by atoms with van der Waals surface area (Å²) in [4.78, 5) is 6.46. The molecule has 20 heavy (non-hydrogen) atoms. The second kappa shape index (κ2) is 4.75. The zero-order valence-corrected chi connectivity index (χ0v) is 12.2. The summed E-state index contributed by atoms with van der Waals surface area (Å²) >= 11 is 0. The molecule has 7 heteroatoms. The summed E-state index contributed by atoms with van der Waals surface area (Å²) in [5.41, 5.74) is 7.29. The van der Waals surface area contributed by atoms with Crippen LogP contribution in [0.3, 0.4) is 0 Å². The fourth-order valence-electron chi connectivity index (χ4n) is 2.71. The number of rotatable bonds is 2. The smallest absolute Gasteiger partial charge is 0.239 e. The van der Waals surface area contributed by atoms with Gasteiger partial charge in [-0.25, -0.2) is 17.4 Å². The number of piperidine rings is 1. The maximum atomic E-state index is 12.1. The van der Waals surface area contributed by atoms with Crippen LogP contribution in [0.5, 0.6) is 0 Å². The van der Waals surface area contributed by atoms with Crippen LogP contribution >= 0.6 is 0 Å². The van der Waals surface area contributed by atoms with E-state index in [-0.39, 0.29) is 6.04 Å². The number of aromatic nitrogens is 2. The van der Waals surface area contributed by atoms with Crippen LogP contribution in [0.4, 0.5) is 5.95 Å². The van der Waals surface area contributed by atoms with E-state index in [4.69, 9.17) is 5.73 Å². The molecule has 0 bridgehead atoms. The van der Waals surface area contributed by atoms with Gasteiger partial charge in [-0.05, 0) is 25.0 Å². The Balaban J connectivity index is 2.19. The number of hydrogen-bond donors (Lipinski definition) is 1. The van der Waals surface area contributed by atoms with Gasteiger partial charge in [0.05, 0.1) is 17.3 Å². The molecule has 1 saturated heterocycles. The van der Waals surface area contributed by atoms with Crippen LogP contribution in [-0.4, -0.2) is 42.8 Å². The summed E-state index contributed by atoms with van der Waals surface area (Å²) in [6.45, 7) is 1.42. The first-order valence-electron chi connectivity index (χ1n) is 6.65. The third kappa shape index (κ3) is 2.27. The number of hydrogen-bond acceptors (Lipinski definition) is 5. The average Bonchev–Trinajstić information content (AvgIpc) is 2.77. The largest absolute Gasteiger partial charge is 0.340 e. The Kier molecular flexibility index (Phi) is 3.18. The van der Waals surface area contributed by atoms with Crippen LogP contribution in [0, 0.1) is 0 Å². The van der Waals surface area contributed by atoms with Crippen LogP contribution in [0.15, 0.2) is 24.3 Å². The quantitative estimate of drug-likeness (QED) is 0.885. The Morgan fingerprint density at radius 1 is 1.35 bits per heavy atom. The number of para-hydroxylation sites is 2. The van der Waals surface area contributed by atoms with Gasteiger partial charge in [0.2, 0.25) is 16.0 Å². The van der Waals surface area contributed by atoms with Crippen molar-refractivity contribution in [3.05, 3.63) is 24.3 Å². The zero-order valence-electron chi connectivity index (χ0n) is 11.4. The van der Waals surface area contributed by atoms with Crippen molar-refractivity contribution in [2.75, 3.05) is 24.2 Å². The van der Waals surface area contributed by atoms with E-state index in [0.717, 1.165) is 19.4 Å². The maximum absolute atomic E-state index is 12.1. The lowest BCUT2D eigenvalue weighted by Crippen LogP contribution is -2.44. The van der Waals surface area contributed by atoms with Crippen molar-refractivity contribution in [1.82, 2.24) is 8.96 Å². The van der Waals surface area contributed by atoms with Crippen molar-refractivity contribution >= 4 is 27.0 Å². The van der Waals surface area contributed by atoms with E-state index >= 15 is 0 Å². The summed E-state index contributed by atoms with van der Waals surface area (Å²) in [5.74, 6) is 0.476. The summed E-state index contributed by atoms with van der Waals surface area (Å²) in [6, 6.07) is 7.34. The molecule has 2 heterocycles. The molecule has 0 amide bonds. The van der Waals surface area contributed by atoms with Crippen molar-refractivity contribution in [2.45, 2.75) is 18.9 Å². The molecule has 6 nitrogen and oxygen atoms in total. The Hall–Kier alpha value is -1.60. The molecule has 1 atom stereocenters. The van der Waals surface area contributed by atoms with E-state index in [1.807, 2.05) is 23.1 Å². The van der Waals surface area contributed by atoms with Crippen LogP contribution in [0.1, 0.15) is 12.8 Å². The summed E-state index contributed by atoms with van der Waals surface area (Å²) in [5, 5.41) is 0. The number of fused-ring (bicyclic) bond motifs is 1. The maximum Gasteiger partial charge on any atom is 0.239 e. The lowest BCUT2D eigenvalue weighted by atomic mass is 10.1. The molecule has 3 rings (SSSR count). The lowest BCUT2D eigenvalue weighted by molar-refractivity contribution is 0.499. The number of benzene rings is 1. The van der Waals surface area contributed by atoms with Gasteiger partial charge in [-0.15, -0.1) is 0 Å². The fourth-order valence-corrected chi connectivity index (χ4v) is 3.67. The predicted octanol–water partition coefficient (Wildman–Crippen LogP) is 0.772. The Labute approximate surface area is 118 Å². The van der Waals surface area contributed by atoms with Crippen molar-refractivity contribution in [2.24, 2.45) is 5.73 Å². The monoisotopic (exact) mass is 294 g/mol. The standard InChI is InChI=1S/C13H18N4O2S/c1-20(18,19)17-12-7-3-2-6-11(12)15-13(17)16-8-4-5-10(14)9-16/h2-3,6-7,10H,4-5,8-9,14H2,1H3. The second-order valence-corrected chi connectivity index (χ2v) is 7.11. The molecule has 2 aromatic rings. The van der Waals surface area contributed by atoms with E-state index in [9.17, 15) is 8.42 Å². The van der Waals surface area contributed by atoms with Gasteiger partial charge in [0.25, 0.3) is 0 Å². The lowest BCUT2D eigenvalue weighted by Gasteiger charge is -2.31. The first-order chi connectivity index (χ1) is 9.47. The Morgan fingerprint density at radius 3 is 2.80 bits per heavy atom. The van der Waals surface area contributed by atoms with Gasteiger partial charge < -0.3 is 10.6 Å². The molecule has 0 saturated carbocycles. The van der Waals surface area contributed by atoms with Gasteiger partial charge in [0, 0.05) is 19.1 Å². The van der Waals surface area contributed by atoms with E-state index in [0.29, 0.717) is 23.5 Å². The van der Waals surface area contributed by atoms with E-state index < -0.39 is 10.0 Å². The van der Waals surface area contributed by atoms with Crippen molar-refractivity contribution in [1.29, 1.82) is 0 Å². The molecular weight excluding hydrogens is 276 g/mol. The number of imidazole rings is 1. The zero-order chi connectivity index (χ0) is 14.3. The number of anilines is 1. The molecule has 1 aromatic carbocycles. The van der Waals surface area contributed by atoms with Crippen LogP contribution in [-0.2, 0) is 10.0 Å². The minimum absolute atomic E-state index is 0.0663. The highest BCUT2D eigenvalue weighted by Gasteiger charge is 2.25. The van der Waals surface area contributed by atoms with Crippen molar-refractivity contribution < 1.29 is 8.42 Å². The van der Waals surface area contributed by atoms with Gasteiger partial charge in [0.15, 0.2) is 0 Å². The van der Waals surface area contributed by atoms with Crippen LogP contribution in [0.2, 0.25) is 0 Å². The van der Waals surface area contributed by atoms with Gasteiger partial charge in [-0.3, -0.25) is 0 Å². The first kappa shape index (κ1) is 13.4. The summed E-state index contributed by atoms with van der Waals surface area (Å²) in [7, 11) is -3.41. The normalized spacial score (nSPS) is 20.5. The molecule has 2 N–H and O–H groups in total. The van der Waals surface area contributed by atoms with Crippen molar-refractivity contribution in [3.63, 3.8) is 0 Å².